The first-order chi connectivity index (χ1) is 9.21. The molecule has 0 fully saturated rings. The van der Waals surface area contributed by atoms with Crippen LogP contribution in [0.1, 0.15) is 53.9 Å². The molecule has 3 nitrogen and oxygen atoms in total. The molecule has 0 saturated carbocycles. The maximum Gasteiger partial charge on any atom is 0.303 e. The summed E-state index contributed by atoms with van der Waals surface area (Å²) >= 11 is 2.39. The van der Waals surface area contributed by atoms with E-state index in [2.05, 4.69) is 36.4 Å². The minimum atomic E-state index is -0.518. The third-order valence-electron chi connectivity index (χ3n) is 4.52. The molecule has 1 aliphatic heterocycles. The van der Waals surface area contributed by atoms with Crippen LogP contribution in [0.3, 0.4) is 0 Å². The van der Waals surface area contributed by atoms with Crippen LogP contribution in [0.25, 0.3) is 0 Å². The SMILES string of the molecule is CC(=O)OC1(C)CC2=C(OC(C)(CI)CC2)C(C)=C1C. The van der Waals surface area contributed by atoms with E-state index in [0.717, 1.165) is 40.6 Å². The van der Waals surface area contributed by atoms with Gasteiger partial charge in [0.1, 0.15) is 17.0 Å². The van der Waals surface area contributed by atoms with Gasteiger partial charge in [0.15, 0.2) is 0 Å². The van der Waals surface area contributed by atoms with Gasteiger partial charge in [0, 0.05) is 17.8 Å². The molecular formula is C16H23IO3. The second-order valence-electron chi connectivity index (χ2n) is 6.37. The number of hydrogen-bond acceptors (Lipinski definition) is 3. The van der Waals surface area contributed by atoms with Crippen LogP contribution in [0, 0.1) is 0 Å². The molecule has 0 aromatic heterocycles. The molecule has 0 aromatic carbocycles. The lowest BCUT2D eigenvalue weighted by atomic mass is 9.77. The van der Waals surface area contributed by atoms with E-state index in [4.69, 9.17) is 9.47 Å². The third kappa shape index (κ3) is 2.76. The van der Waals surface area contributed by atoms with Crippen molar-refractivity contribution in [3.63, 3.8) is 0 Å². The van der Waals surface area contributed by atoms with Gasteiger partial charge in [-0.2, -0.15) is 0 Å². The average molecular weight is 390 g/mol. The summed E-state index contributed by atoms with van der Waals surface area (Å²) in [6.07, 6.45) is 2.80. The van der Waals surface area contributed by atoms with Crippen molar-refractivity contribution < 1.29 is 14.3 Å². The molecule has 20 heavy (non-hydrogen) atoms. The highest BCUT2D eigenvalue weighted by atomic mass is 127. The number of ether oxygens (including phenoxy) is 2. The Labute approximate surface area is 134 Å². The van der Waals surface area contributed by atoms with E-state index in [0.29, 0.717) is 0 Å². The highest BCUT2D eigenvalue weighted by Crippen LogP contribution is 2.46. The van der Waals surface area contributed by atoms with Crippen LogP contribution in [-0.2, 0) is 14.3 Å². The second kappa shape index (κ2) is 5.35. The first-order valence-corrected chi connectivity index (χ1v) is 8.58. The van der Waals surface area contributed by atoms with Gasteiger partial charge in [-0.1, -0.05) is 22.6 Å². The topological polar surface area (TPSA) is 35.5 Å². The Morgan fingerprint density at radius 2 is 2.05 bits per heavy atom. The summed E-state index contributed by atoms with van der Waals surface area (Å²) in [4.78, 5) is 11.4. The number of esters is 1. The van der Waals surface area contributed by atoms with E-state index >= 15 is 0 Å². The maximum atomic E-state index is 11.4. The summed E-state index contributed by atoms with van der Waals surface area (Å²) in [5.41, 5.74) is 2.93. The zero-order valence-corrected chi connectivity index (χ0v) is 15.1. The third-order valence-corrected chi connectivity index (χ3v) is 6.14. The Kier molecular flexibility index (Phi) is 4.24. The highest BCUT2D eigenvalue weighted by molar-refractivity contribution is 14.1. The summed E-state index contributed by atoms with van der Waals surface area (Å²) in [6, 6.07) is 0. The van der Waals surface area contributed by atoms with Crippen molar-refractivity contribution in [2.75, 3.05) is 4.43 Å². The van der Waals surface area contributed by atoms with E-state index in [9.17, 15) is 4.79 Å². The first kappa shape index (κ1) is 15.9. The van der Waals surface area contributed by atoms with E-state index < -0.39 is 5.60 Å². The Balaban J connectivity index is 2.37. The van der Waals surface area contributed by atoms with Crippen LogP contribution in [0.15, 0.2) is 22.5 Å². The van der Waals surface area contributed by atoms with Crippen molar-refractivity contribution in [3.8, 4) is 0 Å². The molecule has 2 rings (SSSR count). The smallest absolute Gasteiger partial charge is 0.303 e. The quantitative estimate of drug-likeness (QED) is 0.401. The number of halogens is 1. The lowest BCUT2D eigenvalue weighted by Crippen LogP contribution is -2.41. The van der Waals surface area contributed by atoms with Crippen LogP contribution in [0.4, 0.5) is 0 Å². The van der Waals surface area contributed by atoms with Crippen molar-refractivity contribution in [1.29, 1.82) is 0 Å². The lowest BCUT2D eigenvalue weighted by molar-refractivity contribution is -0.152. The Hall–Kier alpha value is -0.520. The summed E-state index contributed by atoms with van der Waals surface area (Å²) in [6.45, 7) is 9.77. The van der Waals surface area contributed by atoms with Gasteiger partial charge in [0.2, 0.25) is 0 Å². The summed E-state index contributed by atoms with van der Waals surface area (Å²) in [5.74, 6) is 0.815. The lowest BCUT2D eigenvalue weighted by Gasteiger charge is -2.43. The maximum absolute atomic E-state index is 11.4. The van der Waals surface area contributed by atoms with Crippen molar-refractivity contribution in [3.05, 3.63) is 22.5 Å². The fraction of sp³-hybridized carbons (Fsp3) is 0.688. The molecule has 4 heteroatoms. The van der Waals surface area contributed by atoms with Gasteiger partial charge in [0.05, 0.1) is 0 Å². The van der Waals surface area contributed by atoms with Gasteiger partial charge in [0.25, 0.3) is 0 Å². The van der Waals surface area contributed by atoms with Gasteiger partial charge in [-0.05, 0) is 57.3 Å². The van der Waals surface area contributed by atoms with E-state index in [1.807, 2.05) is 13.8 Å². The van der Waals surface area contributed by atoms with E-state index in [-0.39, 0.29) is 11.6 Å². The standard InChI is InChI=1S/C16H23IO3/c1-10-11(2)16(5,19-12(3)18)8-13-6-7-15(4,9-17)20-14(10)13/h6-9H2,1-5H3. The van der Waals surface area contributed by atoms with E-state index in [1.165, 1.54) is 12.5 Å². The van der Waals surface area contributed by atoms with Crippen molar-refractivity contribution in [2.45, 2.75) is 65.1 Å². The molecule has 0 aromatic rings. The second-order valence-corrected chi connectivity index (χ2v) is 7.13. The Morgan fingerprint density at radius 1 is 1.40 bits per heavy atom. The molecule has 0 spiro atoms. The van der Waals surface area contributed by atoms with Gasteiger partial charge >= 0.3 is 5.97 Å². The van der Waals surface area contributed by atoms with Gasteiger partial charge in [-0.25, -0.2) is 0 Å². The zero-order valence-electron chi connectivity index (χ0n) is 12.9. The van der Waals surface area contributed by atoms with Crippen LogP contribution >= 0.6 is 22.6 Å². The van der Waals surface area contributed by atoms with Gasteiger partial charge < -0.3 is 9.47 Å². The minimum absolute atomic E-state index is 0.0733. The molecule has 0 N–H and O–H groups in total. The zero-order chi connectivity index (χ0) is 15.1. The number of hydrogen-bond donors (Lipinski definition) is 0. The number of allylic oxidation sites excluding steroid dienone is 1. The molecule has 0 saturated heterocycles. The molecule has 0 amide bonds. The predicted molar refractivity (Wildman–Crippen MR) is 87.8 cm³/mol. The molecule has 2 atom stereocenters. The van der Waals surface area contributed by atoms with Crippen molar-refractivity contribution in [1.82, 2.24) is 0 Å². The molecule has 112 valence electrons. The van der Waals surface area contributed by atoms with E-state index in [1.54, 1.807) is 0 Å². The number of alkyl halides is 1. The monoisotopic (exact) mass is 390 g/mol. The predicted octanol–water partition coefficient (Wildman–Crippen LogP) is 4.31. The summed E-state index contributed by atoms with van der Waals surface area (Å²) in [7, 11) is 0. The van der Waals surface area contributed by atoms with Crippen LogP contribution in [-0.4, -0.2) is 21.6 Å². The normalized spacial score (nSPS) is 33.7. The minimum Gasteiger partial charge on any atom is -0.487 e. The molecular weight excluding hydrogens is 367 g/mol. The van der Waals surface area contributed by atoms with Gasteiger partial charge in [-0.3, -0.25) is 4.79 Å². The molecule has 1 heterocycles. The van der Waals surface area contributed by atoms with Crippen LogP contribution in [0.5, 0.6) is 0 Å². The Bertz CT molecular complexity index is 506. The van der Waals surface area contributed by atoms with Crippen molar-refractivity contribution in [2.24, 2.45) is 0 Å². The molecule has 1 aliphatic carbocycles. The summed E-state index contributed by atoms with van der Waals surface area (Å²) < 4.78 is 12.9. The van der Waals surface area contributed by atoms with Crippen molar-refractivity contribution >= 4 is 28.6 Å². The Morgan fingerprint density at radius 3 is 2.60 bits per heavy atom. The van der Waals surface area contributed by atoms with Crippen LogP contribution in [0.2, 0.25) is 0 Å². The summed E-state index contributed by atoms with van der Waals surface area (Å²) in [5, 5.41) is 0. The fourth-order valence-corrected chi connectivity index (χ4v) is 3.58. The fourth-order valence-electron chi connectivity index (χ4n) is 3.04. The number of carbonyl (C=O) groups is 1. The first-order valence-electron chi connectivity index (χ1n) is 7.06. The molecule has 0 radical (unpaired) electrons. The highest BCUT2D eigenvalue weighted by Gasteiger charge is 2.42. The number of rotatable bonds is 2. The molecule has 2 unspecified atom stereocenters. The molecule has 2 aliphatic rings. The van der Waals surface area contributed by atoms with Gasteiger partial charge in [-0.15, -0.1) is 0 Å². The average Bonchev–Trinajstić information content (AvgIpc) is 2.37. The largest absolute Gasteiger partial charge is 0.487 e. The van der Waals surface area contributed by atoms with Crippen LogP contribution < -0.4 is 0 Å². The molecule has 0 bridgehead atoms. The number of carbonyl (C=O) groups excluding carboxylic acids is 1.